The third kappa shape index (κ3) is 3.97. The normalized spacial score (nSPS) is 16.5. The van der Waals surface area contributed by atoms with Gasteiger partial charge in [0.25, 0.3) is 5.91 Å². The van der Waals surface area contributed by atoms with E-state index in [1.165, 1.54) is 29.2 Å². The van der Waals surface area contributed by atoms with Crippen molar-refractivity contribution in [3.63, 3.8) is 0 Å². The number of nitrogens with zero attached hydrogens (tertiary/aromatic N) is 1. The van der Waals surface area contributed by atoms with Gasteiger partial charge in [0.15, 0.2) is 5.76 Å². The summed E-state index contributed by atoms with van der Waals surface area (Å²) in [4.78, 5) is 14.0. The van der Waals surface area contributed by atoms with Crippen LogP contribution in [0.5, 0.6) is 5.75 Å². The average Bonchev–Trinajstić information content (AvgIpc) is 3.06. The van der Waals surface area contributed by atoms with Crippen LogP contribution in [-0.2, 0) is 21.2 Å². The second-order valence-electron chi connectivity index (χ2n) is 7.26. The van der Waals surface area contributed by atoms with Gasteiger partial charge in [0.05, 0.1) is 18.0 Å². The average molecular weight is 470 g/mol. The van der Waals surface area contributed by atoms with E-state index < -0.39 is 27.5 Å². The Morgan fingerprint density at radius 3 is 2.19 bits per heavy atom. The summed E-state index contributed by atoms with van der Waals surface area (Å²) in [6.45, 7) is 0.103. The molecule has 1 heterocycles. The Hall–Kier alpha value is -3.29. The minimum absolute atomic E-state index is 0.0523. The summed E-state index contributed by atoms with van der Waals surface area (Å²) in [5.41, 5.74) is 1.34. The van der Waals surface area contributed by atoms with Crippen LogP contribution in [0, 0.1) is 0 Å². The van der Waals surface area contributed by atoms with Crippen molar-refractivity contribution in [1.82, 2.24) is 4.90 Å². The number of carbonyl (C=O) groups excluding carboxylic acids is 1. The van der Waals surface area contributed by atoms with Gasteiger partial charge in [-0.1, -0.05) is 54.1 Å². The predicted octanol–water partition coefficient (Wildman–Crippen LogP) is 4.68. The van der Waals surface area contributed by atoms with Gasteiger partial charge in [-0.3, -0.25) is 4.79 Å². The Balaban J connectivity index is 1.81. The van der Waals surface area contributed by atoms with Gasteiger partial charge in [0, 0.05) is 11.6 Å². The molecule has 6 nitrogen and oxygen atoms in total. The molecule has 0 radical (unpaired) electrons. The van der Waals surface area contributed by atoms with E-state index in [0.717, 1.165) is 5.56 Å². The van der Waals surface area contributed by atoms with E-state index >= 15 is 0 Å². The fourth-order valence-corrected chi connectivity index (χ4v) is 5.48. The number of carbonyl (C=O) groups is 1. The largest absolute Gasteiger partial charge is 0.502 e. The molecular weight excluding hydrogens is 450 g/mol. The zero-order valence-corrected chi connectivity index (χ0v) is 18.7. The van der Waals surface area contributed by atoms with Crippen molar-refractivity contribution in [2.45, 2.75) is 17.5 Å². The zero-order chi connectivity index (χ0) is 22.9. The SMILES string of the molecule is COc1ccc(CN2C(=O)C(O)=C(S(=O)(=O)c3ccc(Cl)cc3)[C@@H]2c2ccccc2)cc1. The third-order valence-electron chi connectivity index (χ3n) is 5.30. The molecule has 1 N–H and O–H groups in total. The zero-order valence-electron chi connectivity index (χ0n) is 17.1. The van der Waals surface area contributed by atoms with Gasteiger partial charge in [0.2, 0.25) is 9.84 Å². The maximum absolute atomic E-state index is 13.5. The van der Waals surface area contributed by atoms with Crippen LogP contribution in [0.4, 0.5) is 0 Å². The summed E-state index contributed by atoms with van der Waals surface area (Å²) in [5.74, 6) is -0.863. The fourth-order valence-electron chi connectivity index (χ4n) is 3.70. The highest BCUT2D eigenvalue weighted by Gasteiger charge is 2.46. The summed E-state index contributed by atoms with van der Waals surface area (Å²) >= 11 is 5.91. The summed E-state index contributed by atoms with van der Waals surface area (Å²) in [6, 6.07) is 20.5. The monoisotopic (exact) mass is 469 g/mol. The summed E-state index contributed by atoms with van der Waals surface area (Å²) < 4.78 is 32.2. The smallest absolute Gasteiger partial charge is 0.290 e. The number of methoxy groups -OCH3 is 1. The highest BCUT2D eigenvalue weighted by Crippen LogP contribution is 2.43. The van der Waals surface area contributed by atoms with Crippen LogP contribution in [0.15, 0.2) is 94.4 Å². The standard InChI is InChI=1S/C24H20ClNO5S/c1-31-19-11-7-16(8-12-19)15-26-21(17-5-3-2-4-6-17)23(22(27)24(26)28)32(29,30)20-13-9-18(25)10-14-20/h2-14,21,27H,15H2,1H3/t21-/m0/s1. The molecule has 3 aromatic rings. The fraction of sp³-hybridized carbons (Fsp3) is 0.125. The number of hydrogen-bond acceptors (Lipinski definition) is 5. The lowest BCUT2D eigenvalue weighted by atomic mass is 10.1. The first-order valence-electron chi connectivity index (χ1n) is 9.75. The van der Waals surface area contributed by atoms with E-state index in [2.05, 4.69) is 0 Å². The summed E-state index contributed by atoms with van der Waals surface area (Å²) in [5, 5.41) is 11.1. The van der Waals surface area contributed by atoms with E-state index in [9.17, 15) is 18.3 Å². The van der Waals surface area contributed by atoms with Crippen LogP contribution in [0.1, 0.15) is 17.2 Å². The Morgan fingerprint density at radius 1 is 0.969 bits per heavy atom. The summed E-state index contributed by atoms with van der Waals surface area (Å²) in [6.07, 6.45) is 0. The lowest BCUT2D eigenvalue weighted by molar-refractivity contribution is -0.130. The lowest BCUT2D eigenvalue weighted by Crippen LogP contribution is -2.30. The first-order valence-corrected chi connectivity index (χ1v) is 11.6. The molecule has 0 saturated heterocycles. The number of aliphatic hydroxyl groups excluding tert-OH is 1. The Morgan fingerprint density at radius 2 is 1.59 bits per heavy atom. The predicted molar refractivity (Wildman–Crippen MR) is 121 cm³/mol. The van der Waals surface area contributed by atoms with E-state index in [4.69, 9.17) is 16.3 Å². The molecule has 0 aliphatic carbocycles. The van der Waals surface area contributed by atoms with Gasteiger partial charge < -0.3 is 14.7 Å². The van der Waals surface area contributed by atoms with E-state index in [1.54, 1.807) is 61.7 Å². The number of amides is 1. The number of halogens is 1. The molecule has 3 aromatic carbocycles. The van der Waals surface area contributed by atoms with Crippen LogP contribution in [0.2, 0.25) is 5.02 Å². The molecule has 0 aromatic heterocycles. The minimum Gasteiger partial charge on any atom is -0.502 e. The molecule has 0 saturated carbocycles. The molecule has 0 spiro atoms. The van der Waals surface area contributed by atoms with Crippen LogP contribution in [-0.4, -0.2) is 31.4 Å². The molecule has 1 aliphatic heterocycles. The second-order valence-corrected chi connectivity index (χ2v) is 9.62. The maximum atomic E-state index is 13.5. The van der Waals surface area contributed by atoms with Gasteiger partial charge in [-0.25, -0.2) is 8.42 Å². The number of ether oxygens (including phenoxy) is 1. The summed E-state index contributed by atoms with van der Waals surface area (Å²) in [7, 11) is -2.63. The molecule has 1 amide bonds. The maximum Gasteiger partial charge on any atom is 0.290 e. The number of aliphatic hydroxyl groups is 1. The van der Waals surface area contributed by atoms with Crippen LogP contribution in [0.25, 0.3) is 0 Å². The number of benzene rings is 3. The van der Waals surface area contributed by atoms with E-state index in [0.29, 0.717) is 16.3 Å². The molecule has 164 valence electrons. The third-order valence-corrected chi connectivity index (χ3v) is 7.44. The molecule has 0 bridgehead atoms. The molecule has 0 unspecified atom stereocenters. The number of rotatable bonds is 6. The first kappa shape index (κ1) is 21.9. The number of sulfone groups is 1. The highest BCUT2D eigenvalue weighted by atomic mass is 35.5. The van der Waals surface area contributed by atoms with Gasteiger partial charge in [-0.2, -0.15) is 0 Å². The Bertz CT molecular complexity index is 1270. The van der Waals surface area contributed by atoms with Crippen molar-refractivity contribution in [2.24, 2.45) is 0 Å². The topological polar surface area (TPSA) is 83.9 Å². The first-order chi connectivity index (χ1) is 15.3. The van der Waals surface area contributed by atoms with E-state index in [1.807, 2.05) is 0 Å². The van der Waals surface area contributed by atoms with Gasteiger partial charge in [-0.05, 0) is 47.5 Å². The van der Waals surface area contributed by atoms with E-state index in [-0.39, 0.29) is 16.3 Å². The molecule has 0 fully saturated rings. The quantitative estimate of drug-likeness (QED) is 0.567. The number of hydrogen-bond donors (Lipinski definition) is 1. The van der Waals surface area contributed by atoms with Crippen molar-refractivity contribution >= 4 is 27.3 Å². The van der Waals surface area contributed by atoms with Gasteiger partial charge in [0.1, 0.15) is 10.7 Å². The van der Waals surface area contributed by atoms with Crippen molar-refractivity contribution in [1.29, 1.82) is 0 Å². The molecule has 8 heteroatoms. The molecule has 32 heavy (non-hydrogen) atoms. The highest BCUT2D eigenvalue weighted by molar-refractivity contribution is 7.95. The Kier molecular flexibility index (Phi) is 5.95. The molecule has 1 atom stereocenters. The minimum atomic E-state index is -4.18. The van der Waals surface area contributed by atoms with Crippen molar-refractivity contribution in [3.05, 3.63) is 106 Å². The van der Waals surface area contributed by atoms with Gasteiger partial charge >= 0.3 is 0 Å². The van der Waals surface area contributed by atoms with Crippen LogP contribution >= 0.6 is 11.6 Å². The van der Waals surface area contributed by atoms with Crippen LogP contribution in [0.3, 0.4) is 0 Å². The molecule has 4 rings (SSSR count). The molecule has 1 aliphatic rings. The van der Waals surface area contributed by atoms with Crippen molar-refractivity contribution in [2.75, 3.05) is 7.11 Å². The van der Waals surface area contributed by atoms with Crippen LogP contribution < -0.4 is 4.74 Å². The van der Waals surface area contributed by atoms with Crippen molar-refractivity contribution < 1.29 is 23.1 Å². The Labute approximate surface area is 191 Å². The lowest BCUT2D eigenvalue weighted by Gasteiger charge is -2.27. The molecular formula is C24H20ClNO5S. The van der Waals surface area contributed by atoms with Gasteiger partial charge in [-0.15, -0.1) is 0 Å². The second kappa shape index (κ2) is 8.68. The van der Waals surface area contributed by atoms with Crippen molar-refractivity contribution in [3.8, 4) is 5.75 Å².